The van der Waals surface area contributed by atoms with E-state index < -0.39 is 0 Å². The molecular weight excluding hydrogens is 184 g/mol. The van der Waals surface area contributed by atoms with Crippen molar-refractivity contribution in [3.8, 4) is 0 Å². The minimum absolute atomic E-state index is 0.519. The summed E-state index contributed by atoms with van der Waals surface area (Å²) in [6, 6.07) is 6.53. The van der Waals surface area contributed by atoms with Gasteiger partial charge in [0.25, 0.3) is 0 Å². The average molecular weight is 206 g/mol. The number of hydrogen-bond donors (Lipinski definition) is 2. The zero-order valence-electron chi connectivity index (χ0n) is 10.0. The average Bonchev–Trinajstić information content (AvgIpc) is 2.20. The minimum atomic E-state index is 0.519. The molecule has 0 saturated heterocycles. The van der Waals surface area contributed by atoms with Gasteiger partial charge in [-0.2, -0.15) is 0 Å². The Kier molecular flexibility index (Phi) is 4.47. The molecule has 2 nitrogen and oxygen atoms in total. The van der Waals surface area contributed by atoms with E-state index in [-0.39, 0.29) is 0 Å². The SMILES string of the molecule is CCCCC(C)Nc1cc(N)ccc1C. The van der Waals surface area contributed by atoms with Gasteiger partial charge in [-0.15, -0.1) is 0 Å². The van der Waals surface area contributed by atoms with Gasteiger partial charge in [0, 0.05) is 17.4 Å². The summed E-state index contributed by atoms with van der Waals surface area (Å²) in [6.07, 6.45) is 3.74. The third kappa shape index (κ3) is 3.82. The highest BCUT2D eigenvalue weighted by molar-refractivity contribution is 5.59. The van der Waals surface area contributed by atoms with Gasteiger partial charge >= 0.3 is 0 Å². The van der Waals surface area contributed by atoms with Crippen molar-refractivity contribution >= 4 is 11.4 Å². The third-order valence-electron chi connectivity index (χ3n) is 2.65. The van der Waals surface area contributed by atoms with E-state index in [1.165, 1.54) is 30.5 Å². The number of benzene rings is 1. The van der Waals surface area contributed by atoms with E-state index in [1.54, 1.807) is 0 Å². The molecule has 3 N–H and O–H groups in total. The summed E-state index contributed by atoms with van der Waals surface area (Å²) in [5, 5.41) is 3.51. The summed E-state index contributed by atoms with van der Waals surface area (Å²) >= 11 is 0. The highest BCUT2D eigenvalue weighted by Gasteiger charge is 2.03. The van der Waals surface area contributed by atoms with Crippen LogP contribution < -0.4 is 11.1 Å². The van der Waals surface area contributed by atoms with Gasteiger partial charge < -0.3 is 11.1 Å². The lowest BCUT2D eigenvalue weighted by Gasteiger charge is -2.17. The summed E-state index contributed by atoms with van der Waals surface area (Å²) < 4.78 is 0. The Morgan fingerprint density at radius 3 is 2.80 bits per heavy atom. The second-order valence-corrected chi connectivity index (χ2v) is 4.26. The van der Waals surface area contributed by atoms with Crippen LogP contribution in [-0.2, 0) is 0 Å². The normalized spacial score (nSPS) is 12.5. The summed E-state index contributed by atoms with van der Waals surface area (Å²) in [6.45, 7) is 6.55. The number of aryl methyl sites for hydroxylation is 1. The van der Waals surface area contributed by atoms with Gasteiger partial charge in [0.2, 0.25) is 0 Å². The fraction of sp³-hybridized carbons (Fsp3) is 0.538. The summed E-state index contributed by atoms with van der Waals surface area (Å²) in [7, 11) is 0. The summed E-state index contributed by atoms with van der Waals surface area (Å²) in [5.74, 6) is 0. The molecule has 0 aliphatic carbocycles. The van der Waals surface area contributed by atoms with E-state index in [4.69, 9.17) is 5.73 Å². The minimum Gasteiger partial charge on any atom is -0.399 e. The molecule has 0 amide bonds. The molecule has 0 aliphatic rings. The first kappa shape index (κ1) is 11.9. The number of nitrogens with two attached hydrogens (primary N) is 1. The van der Waals surface area contributed by atoms with Crippen molar-refractivity contribution in [1.82, 2.24) is 0 Å². The highest BCUT2D eigenvalue weighted by Crippen LogP contribution is 2.19. The fourth-order valence-corrected chi connectivity index (χ4v) is 1.64. The Labute approximate surface area is 92.9 Å². The fourth-order valence-electron chi connectivity index (χ4n) is 1.64. The molecule has 1 aromatic rings. The number of anilines is 2. The van der Waals surface area contributed by atoms with E-state index in [0.29, 0.717) is 6.04 Å². The van der Waals surface area contributed by atoms with E-state index in [0.717, 1.165) is 5.69 Å². The lowest BCUT2D eigenvalue weighted by atomic mass is 10.1. The third-order valence-corrected chi connectivity index (χ3v) is 2.65. The van der Waals surface area contributed by atoms with Crippen LogP contribution in [0.1, 0.15) is 38.7 Å². The van der Waals surface area contributed by atoms with Crippen molar-refractivity contribution in [2.75, 3.05) is 11.1 Å². The maximum atomic E-state index is 5.76. The molecular formula is C13H22N2. The first-order chi connectivity index (χ1) is 7.13. The van der Waals surface area contributed by atoms with Crippen molar-refractivity contribution in [2.24, 2.45) is 0 Å². The van der Waals surface area contributed by atoms with Crippen LogP contribution in [-0.4, -0.2) is 6.04 Å². The lowest BCUT2D eigenvalue weighted by Crippen LogP contribution is -2.15. The first-order valence-corrected chi connectivity index (χ1v) is 5.76. The molecule has 1 atom stereocenters. The molecule has 0 aromatic heterocycles. The standard InChI is InChI=1S/C13H22N2/c1-4-5-6-11(3)15-13-9-12(14)8-7-10(13)2/h7-9,11,15H,4-6,14H2,1-3H3. The van der Waals surface area contributed by atoms with E-state index in [2.05, 4.69) is 32.2 Å². The zero-order valence-corrected chi connectivity index (χ0v) is 10.0. The van der Waals surface area contributed by atoms with Gasteiger partial charge in [-0.1, -0.05) is 25.8 Å². The van der Waals surface area contributed by atoms with Crippen molar-refractivity contribution < 1.29 is 0 Å². The molecule has 1 unspecified atom stereocenters. The van der Waals surface area contributed by atoms with Crippen LogP contribution in [0.15, 0.2) is 18.2 Å². The number of rotatable bonds is 5. The predicted molar refractivity (Wildman–Crippen MR) is 68.2 cm³/mol. The predicted octanol–water partition coefficient (Wildman–Crippen LogP) is 3.57. The maximum Gasteiger partial charge on any atom is 0.0392 e. The van der Waals surface area contributed by atoms with Crippen LogP contribution in [0.25, 0.3) is 0 Å². The molecule has 0 bridgehead atoms. The molecule has 0 saturated carbocycles. The maximum absolute atomic E-state index is 5.76. The molecule has 84 valence electrons. The van der Waals surface area contributed by atoms with E-state index >= 15 is 0 Å². The number of hydrogen-bond acceptors (Lipinski definition) is 2. The van der Waals surface area contributed by atoms with Crippen LogP contribution in [0, 0.1) is 6.92 Å². The van der Waals surface area contributed by atoms with Crippen LogP contribution in [0.5, 0.6) is 0 Å². The number of nitrogen functional groups attached to an aromatic ring is 1. The Morgan fingerprint density at radius 2 is 2.13 bits per heavy atom. The van der Waals surface area contributed by atoms with E-state index in [9.17, 15) is 0 Å². The molecule has 0 spiro atoms. The quantitative estimate of drug-likeness (QED) is 0.723. The van der Waals surface area contributed by atoms with Crippen molar-refractivity contribution in [3.63, 3.8) is 0 Å². The second-order valence-electron chi connectivity index (χ2n) is 4.26. The second kappa shape index (κ2) is 5.64. The van der Waals surface area contributed by atoms with Gasteiger partial charge in [0.05, 0.1) is 0 Å². The molecule has 0 heterocycles. The number of unbranched alkanes of at least 4 members (excludes halogenated alkanes) is 1. The van der Waals surface area contributed by atoms with Gasteiger partial charge in [0.15, 0.2) is 0 Å². The van der Waals surface area contributed by atoms with Crippen LogP contribution in [0.3, 0.4) is 0 Å². The van der Waals surface area contributed by atoms with E-state index in [1.807, 2.05) is 12.1 Å². The molecule has 1 aromatic carbocycles. The Morgan fingerprint density at radius 1 is 1.40 bits per heavy atom. The van der Waals surface area contributed by atoms with Gasteiger partial charge in [0.1, 0.15) is 0 Å². The number of nitrogens with one attached hydrogen (secondary N) is 1. The zero-order chi connectivity index (χ0) is 11.3. The smallest absolute Gasteiger partial charge is 0.0392 e. The largest absolute Gasteiger partial charge is 0.399 e. The Balaban J connectivity index is 2.59. The van der Waals surface area contributed by atoms with Crippen molar-refractivity contribution in [3.05, 3.63) is 23.8 Å². The molecule has 0 fully saturated rings. The summed E-state index contributed by atoms with van der Waals surface area (Å²) in [5.41, 5.74) is 9.01. The highest BCUT2D eigenvalue weighted by atomic mass is 14.9. The molecule has 0 aliphatic heterocycles. The van der Waals surface area contributed by atoms with Crippen LogP contribution in [0.4, 0.5) is 11.4 Å². The Bertz CT molecular complexity index is 307. The monoisotopic (exact) mass is 206 g/mol. The topological polar surface area (TPSA) is 38.0 Å². The van der Waals surface area contributed by atoms with Crippen LogP contribution >= 0.6 is 0 Å². The van der Waals surface area contributed by atoms with Gasteiger partial charge in [-0.3, -0.25) is 0 Å². The first-order valence-electron chi connectivity index (χ1n) is 5.76. The Hall–Kier alpha value is -1.18. The molecule has 1 rings (SSSR count). The summed E-state index contributed by atoms with van der Waals surface area (Å²) in [4.78, 5) is 0. The molecule has 15 heavy (non-hydrogen) atoms. The van der Waals surface area contributed by atoms with Gasteiger partial charge in [-0.05, 0) is 38.0 Å². The van der Waals surface area contributed by atoms with Crippen LogP contribution in [0.2, 0.25) is 0 Å². The van der Waals surface area contributed by atoms with Crippen molar-refractivity contribution in [1.29, 1.82) is 0 Å². The van der Waals surface area contributed by atoms with Gasteiger partial charge in [-0.25, -0.2) is 0 Å². The lowest BCUT2D eigenvalue weighted by molar-refractivity contribution is 0.645. The van der Waals surface area contributed by atoms with Crippen molar-refractivity contribution in [2.45, 2.75) is 46.1 Å². The molecule has 0 radical (unpaired) electrons. The molecule has 2 heteroatoms.